The molecule has 0 aromatic heterocycles. The Bertz CT molecular complexity index is 435. The molecule has 2 N–H and O–H groups in total. The molecule has 0 saturated heterocycles. The molecule has 1 rings (SSSR count). The lowest BCUT2D eigenvalue weighted by atomic mass is 10.1. The van der Waals surface area contributed by atoms with Crippen molar-refractivity contribution >= 4 is 15.9 Å². The van der Waals surface area contributed by atoms with Crippen LogP contribution in [0.2, 0.25) is 0 Å². The first kappa shape index (κ1) is 11.8. The van der Waals surface area contributed by atoms with Crippen LogP contribution in [0.15, 0.2) is 18.2 Å². The van der Waals surface area contributed by atoms with Gasteiger partial charge < -0.3 is 5.73 Å². The van der Waals surface area contributed by atoms with Crippen molar-refractivity contribution in [2.24, 2.45) is 5.73 Å². The molecule has 0 unspecified atom stereocenters. The van der Waals surface area contributed by atoms with Crippen molar-refractivity contribution in [2.75, 3.05) is 6.54 Å². The highest BCUT2D eigenvalue weighted by Gasteiger charge is 1.99. The third kappa shape index (κ3) is 3.40. The van der Waals surface area contributed by atoms with Gasteiger partial charge in [0.1, 0.15) is 0 Å². The zero-order chi connectivity index (χ0) is 11.1. The minimum absolute atomic E-state index is 0.564. The van der Waals surface area contributed by atoms with Crippen molar-refractivity contribution in [3.8, 4) is 17.9 Å². The summed E-state index contributed by atoms with van der Waals surface area (Å²) in [6, 6.07) is 7.62. The number of rotatable bonds is 2. The molecule has 1 aromatic rings. The van der Waals surface area contributed by atoms with E-state index in [0.717, 1.165) is 16.5 Å². The van der Waals surface area contributed by atoms with Crippen molar-refractivity contribution < 1.29 is 0 Å². The average molecular weight is 263 g/mol. The van der Waals surface area contributed by atoms with Crippen LogP contribution in [-0.4, -0.2) is 6.54 Å². The van der Waals surface area contributed by atoms with Crippen molar-refractivity contribution in [3.63, 3.8) is 0 Å². The number of benzene rings is 1. The second kappa shape index (κ2) is 6.24. The summed E-state index contributed by atoms with van der Waals surface area (Å²) in [5.74, 6) is 6.00. The van der Waals surface area contributed by atoms with Gasteiger partial charge in [-0.1, -0.05) is 33.8 Å². The molecule has 0 atom stereocenters. The van der Waals surface area contributed by atoms with Crippen LogP contribution in [0.25, 0.3) is 0 Å². The fourth-order valence-electron chi connectivity index (χ4n) is 1.11. The zero-order valence-electron chi connectivity index (χ0n) is 8.26. The second-order valence-electron chi connectivity index (χ2n) is 2.96. The predicted molar refractivity (Wildman–Crippen MR) is 64.3 cm³/mol. The summed E-state index contributed by atoms with van der Waals surface area (Å²) < 4.78 is 0. The standard InChI is InChI=1S/C12H11BrN2/c13-8-12-5-4-10(9-15)7-11(12)3-1-2-6-14/h4-5,7H,2,6,8,14H2. The smallest absolute Gasteiger partial charge is 0.0992 e. The van der Waals surface area contributed by atoms with Crippen molar-refractivity contribution in [1.82, 2.24) is 0 Å². The molecule has 1 aromatic carbocycles. The highest BCUT2D eigenvalue weighted by Crippen LogP contribution is 2.13. The Balaban J connectivity index is 3.04. The summed E-state index contributed by atoms with van der Waals surface area (Å²) in [6.45, 7) is 0.564. The Labute approximate surface area is 98.2 Å². The Morgan fingerprint density at radius 2 is 2.20 bits per heavy atom. The van der Waals surface area contributed by atoms with Gasteiger partial charge in [0.15, 0.2) is 0 Å². The molecule has 2 nitrogen and oxygen atoms in total. The van der Waals surface area contributed by atoms with Gasteiger partial charge in [0.05, 0.1) is 11.6 Å². The molecule has 0 radical (unpaired) electrons. The normalized spacial score (nSPS) is 8.87. The van der Waals surface area contributed by atoms with Crippen molar-refractivity contribution in [3.05, 3.63) is 34.9 Å². The highest BCUT2D eigenvalue weighted by molar-refractivity contribution is 9.08. The molecule has 3 heteroatoms. The Kier molecular flexibility index (Phi) is 4.90. The van der Waals surface area contributed by atoms with Gasteiger partial charge in [-0.15, -0.1) is 0 Å². The number of nitrogens with zero attached hydrogens (tertiary/aromatic N) is 1. The molecule has 0 aliphatic heterocycles. The van der Waals surface area contributed by atoms with Crippen LogP contribution in [0, 0.1) is 23.2 Å². The summed E-state index contributed by atoms with van der Waals surface area (Å²) in [6.07, 6.45) is 0.679. The fourth-order valence-corrected chi connectivity index (χ4v) is 1.60. The first-order chi connectivity index (χ1) is 7.31. The van der Waals surface area contributed by atoms with Crippen LogP contribution < -0.4 is 5.73 Å². The zero-order valence-corrected chi connectivity index (χ0v) is 9.84. The van der Waals surface area contributed by atoms with Crippen LogP contribution in [0.1, 0.15) is 23.1 Å². The van der Waals surface area contributed by atoms with E-state index in [-0.39, 0.29) is 0 Å². The first-order valence-corrected chi connectivity index (χ1v) is 5.72. The maximum absolute atomic E-state index is 8.77. The van der Waals surface area contributed by atoms with Crippen molar-refractivity contribution in [1.29, 1.82) is 5.26 Å². The van der Waals surface area contributed by atoms with Crippen LogP contribution in [0.5, 0.6) is 0 Å². The SMILES string of the molecule is N#Cc1ccc(CBr)c(C#CCCN)c1. The van der Waals surface area contributed by atoms with Gasteiger partial charge in [0.25, 0.3) is 0 Å². The van der Waals surface area contributed by atoms with Crippen LogP contribution >= 0.6 is 15.9 Å². The van der Waals surface area contributed by atoms with E-state index >= 15 is 0 Å². The van der Waals surface area contributed by atoms with Crippen LogP contribution in [0.4, 0.5) is 0 Å². The summed E-state index contributed by atoms with van der Waals surface area (Å²) in [5.41, 5.74) is 7.99. The maximum atomic E-state index is 8.77. The van der Waals surface area contributed by atoms with Crippen LogP contribution in [-0.2, 0) is 5.33 Å². The lowest BCUT2D eigenvalue weighted by Gasteiger charge is -2.00. The molecular weight excluding hydrogens is 252 g/mol. The molecular formula is C12H11BrN2. The van der Waals surface area contributed by atoms with E-state index in [4.69, 9.17) is 11.0 Å². The van der Waals surface area contributed by atoms with Crippen molar-refractivity contribution in [2.45, 2.75) is 11.8 Å². The molecule has 0 amide bonds. The monoisotopic (exact) mass is 262 g/mol. The van der Waals surface area contributed by atoms with Gasteiger partial charge in [-0.05, 0) is 17.7 Å². The molecule has 15 heavy (non-hydrogen) atoms. The molecule has 0 saturated carbocycles. The largest absolute Gasteiger partial charge is 0.330 e. The van der Waals surface area contributed by atoms with Gasteiger partial charge in [0.2, 0.25) is 0 Å². The molecule has 0 aliphatic rings. The molecule has 0 fully saturated rings. The van der Waals surface area contributed by atoms with E-state index in [1.807, 2.05) is 6.07 Å². The Morgan fingerprint density at radius 3 is 2.80 bits per heavy atom. The topological polar surface area (TPSA) is 49.8 Å². The molecule has 0 bridgehead atoms. The third-order valence-corrected chi connectivity index (χ3v) is 2.48. The van der Waals surface area contributed by atoms with E-state index in [1.54, 1.807) is 12.1 Å². The fraction of sp³-hybridized carbons (Fsp3) is 0.250. The summed E-state index contributed by atoms with van der Waals surface area (Å²) in [4.78, 5) is 0. The van der Waals surface area contributed by atoms with Crippen LogP contribution in [0.3, 0.4) is 0 Å². The Morgan fingerprint density at radius 1 is 1.40 bits per heavy atom. The van der Waals surface area contributed by atoms with E-state index in [1.165, 1.54) is 0 Å². The number of halogens is 1. The molecule has 0 spiro atoms. The van der Waals surface area contributed by atoms with E-state index < -0.39 is 0 Å². The number of nitriles is 1. The number of hydrogen-bond acceptors (Lipinski definition) is 2. The third-order valence-electron chi connectivity index (χ3n) is 1.88. The average Bonchev–Trinajstić information content (AvgIpc) is 2.29. The highest BCUT2D eigenvalue weighted by atomic mass is 79.9. The summed E-state index contributed by atoms with van der Waals surface area (Å²) in [7, 11) is 0. The summed E-state index contributed by atoms with van der Waals surface area (Å²) >= 11 is 3.39. The predicted octanol–water partition coefficient (Wildman–Crippen LogP) is 2.15. The first-order valence-electron chi connectivity index (χ1n) is 4.59. The van der Waals surface area contributed by atoms with Gasteiger partial charge >= 0.3 is 0 Å². The molecule has 0 heterocycles. The van der Waals surface area contributed by atoms with E-state index in [9.17, 15) is 0 Å². The Hall–Kier alpha value is -1.29. The quantitative estimate of drug-likeness (QED) is 0.656. The lowest BCUT2D eigenvalue weighted by molar-refractivity contribution is 1.03. The van der Waals surface area contributed by atoms with E-state index in [0.29, 0.717) is 18.5 Å². The molecule has 0 aliphatic carbocycles. The van der Waals surface area contributed by atoms with Gasteiger partial charge in [-0.2, -0.15) is 5.26 Å². The minimum atomic E-state index is 0.564. The van der Waals surface area contributed by atoms with Gasteiger partial charge in [0, 0.05) is 23.9 Å². The van der Waals surface area contributed by atoms with Gasteiger partial charge in [-0.3, -0.25) is 0 Å². The van der Waals surface area contributed by atoms with Gasteiger partial charge in [-0.25, -0.2) is 0 Å². The number of hydrogen-bond donors (Lipinski definition) is 1. The lowest BCUT2D eigenvalue weighted by Crippen LogP contribution is -1.95. The maximum Gasteiger partial charge on any atom is 0.0992 e. The number of alkyl halides is 1. The van der Waals surface area contributed by atoms with E-state index in [2.05, 4.69) is 33.8 Å². The minimum Gasteiger partial charge on any atom is -0.330 e. The number of nitrogens with two attached hydrogens (primary N) is 1. The second-order valence-corrected chi connectivity index (χ2v) is 3.52. The molecule has 76 valence electrons. The summed E-state index contributed by atoms with van der Waals surface area (Å²) in [5, 5.41) is 9.51.